The fourth-order valence-corrected chi connectivity index (χ4v) is 2.16. The van der Waals surface area contributed by atoms with Crippen molar-refractivity contribution in [2.45, 2.75) is 0 Å². The van der Waals surface area contributed by atoms with Crippen molar-refractivity contribution in [2.75, 3.05) is 0 Å². The Morgan fingerprint density at radius 2 is 1.89 bits per heavy atom. The minimum Gasteiger partial charge on any atom is -0.478 e. The van der Waals surface area contributed by atoms with Crippen molar-refractivity contribution in [3.05, 3.63) is 60.0 Å². The standard InChI is InChI=1S/C15H10FNO2/c16-13-4-2-1-3-10(13)12-8-17-14-6-5-9(15(18)19)7-11(12)14/h1-8,17H,(H,18,19). The molecule has 19 heavy (non-hydrogen) atoms. The third-order valence-corrected chi connectivity index (χ3v) is 3.09. The van der Waals surface area contributed by atoms with E-state index in [-0.39, 0.29) is 11.4 Å². The van der Waals surface area contributed by atoms with Crippen molar-refractivity contribution in [3.8, 4) is 11.1 Å². The lowest BCUT2D eigenvalue weighted by Gasteiger charge is -2.02. The van der Waals surface area contributed by atoms with E-state index in [2.05, 4.69) is 4.98 Å². The first-order chi connectivity index (χ1) is 9.16. The number of H-pyrrole nitrogens is 1. The molecule has 2 aromatic carbocycles. The van der Waals surface area contributed by atoms with Gasteiger partial charge in [0.1, 0.15) is 5.82 Å². The number of aromatic carboxylic acids is 1. The van der Waals surface area contributed by atoms with Crippen LogP contribution in [0.5, 0.6) is 0 Å². The van der Waals surface area contributed by atoms with Crippen molar-refractivity contribution in [2.24, 2.45) is 0 Å². The van der Waals surface area contributed by atoms with Gasteiger partial charge < -0.3 is 10.1 Å². The van der Waals surface area contributed by atoms with Crippen LogP contribution in [0.2, 0.25) is 0 Å². The third-order valence-electron chi connectivity index (χ3n) is 3.09. The molecule has 4 heteroatoms. The van der Waals surface area contributed by atoms with E-state index in [1.807, 2.05) is 0 Å². The summed E-state index contributed by atoms with van der Waals surface area (Å²) in [6.45, 7) is 0. The van der Waals surface area contributed by atoms with Crippen LogP contribution in [0, 0.1) is 5.82 Å². The summed E-state index contributed by atoms with van der Waals surface area (Å²) in [6, 6.07) is 11.2. The smallest absolute Gasteiger partial charge is 0.335 e. The van der Waals surface area contributed by atoms with E-state index in [0.29, 0.717) is 16.5 Å². The molecule has 94 valence electrons. The highest BCUT2D eigenvalue weighted by Crippen LogP contribution is 2.30. The Morgan fingerprint density at radius 1 is 1.11 bits per heavy atom. The van der Waals surface area contributed by atoms with Crippen molar-refractivity contribution in [1.82, 2.24) is 4.98 Å². The summed E-state index contributed by atoms with van der Waals surface area (Å²) < 4.78 is 13.8. The summed E-state index contributed by atoms with van der Waals surface area (Å²) in [5, 5.41) is 9.71. The molecular weight excluding hydrogens is 245 g/mol. The zero-order valence-corrected chi connectivity index (χ0v) is 9.85. The van der Waals surface area contributed by atoms with E-state index in [4.69, 9.17) is 5.11 Å². The molecule has 0 radical (unpaired) electrons. The number of benzene rings is 2. The second kappa shape index (κ2) is 4.24. The van der Waals surface area contributed by atoms with Gasteiger partial charge >= 0.3 is 5.97 Å². The molecule has 0 bridgehead atoms. The van der Waals surface area contributed by atoms with Crippen molar-refractivity contribution >= 4 is 16.9 Å². The number of rotatable bonds is 2. The zero-order chi connectivity index (χ0) is 13.4. The number of halogens is 1. The molecule has 3 aromatic rings. The van der Waals surface area contributed by atoms with Crippen LogP contribution in [-0.2, 0) is 0 Å². The van der Waals surface area contributed by atoms with Gasteiger partial charge in [-0.1, -0.05) is 18.2 Å². The molecule has 3 nitrogen and oxygen atoms in total. The van der Waals surface area contributed by atoms with Gasteiger partial charge in [-0.05, 0) is 24.3 Å². The lowest BCUT2D eigenvalue weighted by atomic mass is 10.0. The predicted molar refractivity (Wildman–Crippen MR) is 70.7 cm³/mol. The van der Waals surface area contributed by atoms with E-state index < -0.39 is 5.97 Å². The molecule has 0 aliphatic rings. The fraction of sp³-hybridized carbons (Fsp3) is 0. The molecule has 2 N–H and O–H groups in total. The van der Waals surface area contributed by atoms with Crippen LogP contribution in [0.1, 0.15) is 10.4 Å². The molecule has 3 rings (SSSR count). The lowest BCUT2D eigenvalue weighted by Crippen LogP contribution is -1.95. The molecule has 1 aromatic heterocycles. The summed E-state index contributed by atoms with van der Waals surface area (Å²) in [4.78, 5) is 14.0. The first kappa shape index (κ1) is 11.5. The first-order valence-electron chi connectivity index (χ1n) is 5.76. The molecule has 0 saturated heterocycles. The highest BCUT2D eigenvalue weighted by atomic mass is 19.1. The molecule has 0 unspecified atom stereocenters. The number of aromatic nitrogens is 1. The highest BCUT2D eigenvalue weighted by Gasteiger charge is 2.12. The quantitative estimate of drug-likeness (QED) is 0.734. The minimum absolute atomic E-state index is 0.185. The van der Waals surface area contributed by atoms with E-state index in [9.17, 15) is 9.18 Å². The van der Waals surface area contributed by atoms with Gasteiger partial charge in [0, 0.05) is 28.2 Å². The number of fused-ring (bicyclic) bond motifs is 1. The Kier molecular flexibility index (Phi) is 2.56. The number of hydrogen-bond donors (Lipinski definition) is 2. The van der Waals surface area contributed by atoms with Gasteiger partial charge in [-0.15, -0.1) is 0 Å². The molecule has 0 amide bonds. The van der Waals surface area contributed by atoms with E-state index in [0.717, 1.165) is 5.52 Å². The monoisotopic (exact) mass is 255 g/mol. The number of carboxylic acid groups (broad SMARTS) is 1. The first-order valence-corrected chi connectivity index (χ1v) is 5.76. The molecule has 0 spiro atoms. The van der Waals surface area contributed by atoms with E-state index >= 15 is 0 Å². The van der Waals surface area contributed by atoms with Crippen LogP contribution < -0.4 is 0 Å². The zero-order valence-electron chi connectivity index (χ0n) is 9.85. The Balaban J connectivity index is 2.27. The molecule has 0 saturated carbocycles. The molecule has 0 atom stereocenters. The van der Waals surface area contributed by atoms with Crippen LogP contribution in [0.25, 0.3) is 22.0 Å². The Bertz CT molecular complexity index is 777. The van der Waals surface area contributed by atoms with Crippen molar-refractivity contribution in [1.29, 1.82) is 0 Å². The van der Waals surface area contributed by atoms with Gasteiger partial charge in [0.05, 0.1) is 5.56 Å². The maximum atomic E-state index is 13.8. The average Bonchev–Trinajstić information content (AvgIpc) is 2.82. The van der Waals surface area contributed by atoms with Gasteiger partial charge in [0.2, 0.25) is 0 Å². The third kappa shape index (κ3) is 1.87. The van der Waals surface area contributed by atoms with Gasteiger partial charge in [-0.3, -0.25) is 0 Å². The van der Waals surface area contributed by atoms with Crippen LogP contribution >= 0.6 is 0 Å². The Labute approximate surface area is 108 Å². The van der Waals surface area contributed by atoms with Crippen LogP contribution in [0.3, 0.4) is 0 Å². The molecule has 0 aliphatic carbocycles. The number of aromatic amines is 1. The SMILES string of the molecule is O=C(O)c1ccc2[nH]cc(-c3ccccc3F)c2c1. The summed E-state index contributed by atoms with van der Waals surface area (Å²) in [5.41, 5.74) is 2.08. The maximum Gasteiger partial charge on any atom is 0.335 e. The van der Waals surface area contributed by atoms with Crippen molar-refractivity contribution in [3.63, 3.8) is 0 Å². The summed E-state index contributed by atoms with van der Waals surface area (Å²) in [5.74, 6) is -1.33. The van der Waals surface area contributed by atoms with Crippen molar-refractivity contribution < 1.29 is 14.3 Å². The topological polar surface area (TPSA) is 53.1 Å². The molecular formula is C15H10FNO2. The second-order valence-corrected chi connectivity index (χ2v) is 4.25. The van der Waals surface area contributed by atoms with Gasteiger partial charge in [0.25, 0.3) is 0 Å². The number of carboxylic acids is 1. The van der Waals surface area contributed by atoms with Gasteiger partial charge in [-0.25, -0.2) is 9.18 Å². The normalized spacial score (nSPS) is 10.8. The van der Waals surface area contributed by atoms with Gasteiger partial charge in [-0.2, -0.15) is 0 Å². The summed E-state index contributed by atoms with van der Waals surface area (Å²) >= 11 is 0. The second-order valence-electron chi connectivity index (χ2n) is 4.25. The van der Waals surface area contributed by atoms with Crippen LogP contribution in [0.4, 0.5) is 4.39 Å². The van der Waals surface area contributed by atoms with Crippen LogP contribution in [-0.4, -0.2) is 16.1 Å². The fourth-order valence-electron chi connectivity index (χ4n) is 2.16. The van der Waals surface area contributed by atoms with E-state index in [1.165, 1.54) is 12.1 Å². The van der Waals surface area contributed by atoms with Gasteiger partial charge in [0.15, 0.2) is 0 Å². The molecule has 0 fully saturated rings. The Morgan fingerprint density at radius 3 is 2.63 bits per heavy atom. The number of nitrogens with one attached hydrogen (secondary N) is 1. The molecule has 0 aliphatic heterocycles. The highest BCUT2D eigenvalue weighted by molar-refractivity contribution is 6.00. The average molecular weight is 255 g/mol. The Hall–Kier alpha value is -2.62. The van der Waals surface area contributed by atoms with Crippen LogP contribution in [0.15, 0.2) is 48.7 Å². The van der Waals surface area contributed by atoms with E-state index in [1.54, 1.807) is 36.5 Å². The lowest BCUT2D eigenvalue weighted by molar-refractivity contribution is 0.0697. The number of hydrogen-bond acceptors (Lipinski definition) is 1. The summed E-state index contributed by atoms with van der Waals surface area (Å²) in [6.07, 6.45) is 1.69. The predicted octanol–water partition coefficient (Wildman–Crippen LogP) is 3.67. The number of carbonyl (C=O) groups is 1. The summed E-state index contributed by atoms with van der Waals surface area (Å²) in [7, 11) is 0. The maximum absolute atomic E-state index is 13.8. The molecule has 1 heterocycles. The largest absolute Gasteiger partial charge is 0.478 e. The minimum atomic E-state index is -0.998.